The first-order chi connectivity index (χ1) is 8.06. The average molecular weight is 301 g/mol. The van der Waals surface area contributed by atoms with Crippen molar-refractivity contribution >= 4 is 27.5 Å². The van der Waals surface area contributed by atoms with Gasteiger partial charge in [0.05, 0.1) is 18.1 Å². The quantitative estimate of drug-likeness (QED) is 0.847. The summed E-state index contributed by atoms with van der Waals surface area (Å²) in [5, 5.41) is 3.07. The third-order valence-electron chi connectivity index (χ3n) is 2.16. The molecule has 0 unspecified atom stereocenters. The molecular weight excluding hydrogens is 284 g/mol. The number of benzene rings is 1. The lowest BCUT2D eigenvalue weighted by atomic mass is 10.1. The lowest BCUT2D eigenvalue weighted by molar-refractivity contribution is -0.113. The SMILES string of the molecule is COc1ccc(CN(C)C)cc1NC(=O)CBr. The van der Waals surface area contributed by atoms with Crippen LogP contribution >= 0.6 is 15.9 Å². The molecule has 1 aromatic carbocycles. The summed E-state index contributed by atoms with van der Waals surface area (Å²) in [5.74, 6) is 0.576. The summed E-state index contributed by atoms with van der Waals surface area (Å²) in [7, 11) is 5.59. The van der Waals surface area contributed by atoms with Crippen LogP contribution in [0.1, 0.15) is 5.56 Å². The molecule has 0 fully saturated rings. The van der Waals surface area contributed by atoms with Crippen molar-refractivity contribution < 1.29 is 9.53 Å². The van der Waals surface area contributed by atoms with Gasteiger partial charge in [0.15, 0.2) is 0 Å². The van der Waals surface area contributed by atoms with E-state index in [9.17, 15) is 4.79 Å². The number of halogens is 1. The van der Waals surface area contributed by atoms with Crippen LogP contribution in [0, 0.1) is 0 Å². The predicted octanol–water partition coefficient (Wildman–Crippen LogP) is 2.09. The number of anilines is 1. The van der Waals surface area contributed by atoms with Gasteiger partial charge in [-0.1, -0.05) is 22.0 Å². The fourth-order valence-corrected chi connectivity index (χ4v) is 1.64. The van der Waals surface area contributed by atoms with Gasteiger partial charge < -0.3 is 15.0 Å². The summed E-state index contributed by atoms with van der Waals surface area (Å²) in [6.45, 7) is 0.821. The molecule has 1 rings (SSSR count). The largest absolute Gasteiger partial charge is 0.495 e. The molecule has 0 heterocycles. The van der Waals surface area contributed by atoms with Crippen molar-refractivity contribution in [1.29, 1.82) is 0 Å². The minimum Gasteiger partial charge on any atom is -0.495 e. The summed E-state index contributed by atoms with van der Waals surface area (Å²) in [6, 6.07) is 5.78. The molecule has 0 aliphatic heterocycles. The number of carbonyl (C=O) groups is 1. The van der Waals surface area contributed by atoms with E-state index in [2.05, 4.69) is 26.1 Å². The first-order valence-electron chi connectivity index (χ1n) is 5.24. The zero-order chi connectivity index (χ0) is 12.8. The van der Waals surface area contributed by atoms with Gasteiger partial charge in [0.2, 0.25) is 5.91 Å². The Balaban J connectivity index is 2.93. The third-order valence-corrected chi connectivity index (χ3v) is 2.67. The Morgan fingerprint density at radius 3 is 2.71 bits per heavy atom. The van der Waals surface area contributed by atoms with E-state index >= 15 is 0 Å². The van der Waals surface area contributed by atoms with Crippen LogP contribution in [0.15, 0.2) is 18.2 Å². The minimum atomic E-state index is -0.0923. The van der Waals surface area contributed by atoms with Crippen molar-refractivity contribution in [2.45, 2.75) is 6.54 Å². The second-order valence-electron chi connectivity index (χ2n) is 3.95. The Kier molecular flexibility index (Phi) is 5.44. The number of rotatable bonds is 5. The van der Waals surface area contributed by atoms with Crippen LogP contribution in [0.2, 0.25) is 0 Å². The second kappa shape index (κ2) is 6.61. The second-order valence-corrected chi connectivity index (χ2v) is 4.51. The smallest absolute Gasteiger partial charge is 0.235 e. The molecule has 0 spiro atoms. The number of ether oxygens (including phenoxy) is 1. The molecule has 0 aliphatic rings. The Hall–Kier alpha value is -1.07. The molecule has 0 bridgehead atoms. The molecule has 0 saturated carbocycles. The zero-order valence-electron chi connectivity index (χ0n) is 10.3. The highest BCUT2D eigenvalue weighted by molar-refractivity contribution is 9.09. The molecular formula is C12H17BrN2O2. The van der Waals surface area contributed by atoms with Crippen LogP contribution in [-0.4, -0.2) is 37.3 Å². The van der Waals surface area contributed by atoms with Gasteiger partial charge in [-0.3, -0.25) is 4.79 Å². The number of nitrogens with one attached hydrogen (secondary N) is 1. The van der Waals surface area contributed by atoms with Gasteiger partial charge in [-0.05, 0) is 31.8 Å². The summed E-state index contributed by atoms with van der Waals surface area (Å²) in [5.41, 5.74) is 1.83. The maximum Gasteiger partial charge on any atom is 0.235 e. The number of methoxy groups -OCH3 is 1. The molecule has 1 aromatic rings. The van der Waals surface area contributed by atoms with Gasteiger partial charge in [0, 0.05) is 6.54 Å². The molecule has 0 aromatic heterocycles. The highest BCUT2D eigenvalue weighted by Crippen LogP contribution is 2.25. The van der Waals surface area contributed by atoms with Gasteiger partial charge in [-0.25, -0.2) is 0 Å². The van der Waals surface area contributed by atoms with E-state index in [4.69, 9.17) is 4.74 Å². The molecule has 1 N–H and O–H groups in total. The van der Waals surface area contributed by atoms with E-state index in [1.54, 1.807) is 7.11 Å². The Bertz CT molecular complexity index is 394. The Labute approximate surface area is 110 Å². The van der Waals surface area contributed by atoms with E-state index in [0.717, 1.165) is 12.1 Å². The molecule has 5 heteroatoms. The van der Waals surface area contributed by atoms with E-state index in [-0.39, 0.29) is 11.2 Å². The molecule has 0 radical (unpaired) electrons. The van der Waals surface area contributed by atoms with Gasteiger partial charge in [0.25, 0.3) is 0 Å². The van der Waals surface area contributed by atoms with Crippen molar-refractivity contribution in [3.05, 3.63) is 23.8 Å². The number of amides is 1. The van der Waals surface area contributed by atoms with Crippen LogP contribution < -0.4 is 10.1 Å². The van der Waals surface area contributed by atoms with E-state index < -0.39 is 0 Å². The number of hydrogen-bond acceptors (Lipinski definition) is 3. The first-order valence-corrected chi connectivity index (χ1v) is 6.36. The molecule has 0 atom stereocenters. The summed E-state index contributed by atoms with van der Waals surface area (Å²) < 4.78 is 5.21. The highest BCUT2D eigenvalue weighted by atomic mass is 79.9. The lowest BCUT2D eigenvalue weighted by Crippen LogP contribution is -2.14. The predicted molar refractivity (Wildman–Crippen MR) is 72.8 cm³/mol. The van der Waals surface area contributed by atoms with E-state index in [1.165, 1.54) is 0 Å². The van der Waals surface area contributed by atoms with Crippen LogP contribution in [0.5, 0.6) is 5.75 Å². The van der Waals surface area contributed by atoms with Gasteiger partial charge in [-0.15, -0.1) is 0 Å². The lowest BCUT2D eigenvalue weighted by Gasteiger charge is -2.14. The number of nitrogens with zero attached hydrogens (tertiary/aromatic N) is 1. The molecule has 4 nitrogen and oxygen atoms in total. The number of alkyl halides is 1. The fraction of sp³-hybridized carbons (Fsp3) is 0.417. The van der Waals surface area contributed by atoms with Gasteiger partial charge in [-0.2, -0.15) is 0 Å². The van der Waals surface area contributed by atoms with Crippen molar-refractivity contribution in [3.63, 3.8) is 0 Å². The van der Waals surface area contributed by atoms with E-state index in [0.29, 0.717) is 11.4 Å². The zero-order valence-corrected chi connectivity index (χ0v) is 11.9. The van der Waals surface area contributed by atoms with Gasteiger partial charge >= 0.3 is 0 Å². The van der Waals surface area contributed by atoms with Crippen molar-refractivity contribution in [3.8, 4) is 5.75 Å². The van der Waals surface area contributed by atoms with Crippen molar-refractivity contribution in [2.75, 3.05) is 31.9 Å². The van der Waals surface area contributed by atoms with Crippen molar-refractivity contribution in [2.24, 2.45) is 0 Å². The monoisotopic (exact) mass is 300 g/mol. The fourth-order valence-electron chi connectivity index (χ4n) is 1.50. The summed E-state index contributed by atoms with van der Waals surface area (Å²) >= 11 is 3.12. The first kappa shape index (κ1) is 14.0. The third kappa shape index (κ3) is 4.36. The summed E-state index contributed by atoms with van der Waals surface area (Å²) in [4.78, 5) is 13.4. The van der Waals surface area contributed by atoms with Crippen LogP contribution in [0.25, 0.3) is 0 Å². The van der Waals surface area contributed by atoms with Gasteiger partial charge in [0.1, 0.15) is 5.75 Å². The summed E-state index contributed by atoms with van der Waals surface area (Å²) in [6.07, 6.45) is 0. The van der Waals surface area contributed by atoms with Crippen LogP contribution in [0.4, 0.5) is 5.69 Å². The van der Waals surface area contributed by atoms with Crippen molar-refractivity contribution in [1.82, 2.24) is 4.90 Å². The van der Waals surface area contributed by atoms with E-state index in [1.807, 2.05) is 32.3 Å². The van der Waals surface area contributed by atoms with Crippen LogP contribution in [-0.2, 0) is 11.3 Å². The average Bonchev–Trinajstić information content (AvgIpc) is 2.28. The maximum absolute atomic E-state index is 11.4. The molecule has 17 heavy (non-hydrogen) atoms. The molecule has 94 valence electrons. The Morgan fingerprint density at radius 1 is 1.47 bits per heavy atom. The maximum atomic E-state index is 11.4. The normalized spacial score (nSPS) is 10.4. The number of hydrogen-bond donors (Lipinski definition) is 1. The minimum absolute atomic E-state index is 0.0923. The molecule has 0 saturated heterocycles. The molecule has 0 aliphatic carbocycles. The topological polar surface area (TPSA) is 41.6 Å². The molecule has 1 amide bonds. The Morgan fingerprint density at radius 2 is 2.18 bits per heavy atom. The number of carbonyl (C=O) groups excluding carboxylic acids is 1. The van der Waals surface area contributed by atoms with Crippen LogP contribution in [0.3, 0.4) is 0 Å². The standard InChI is InChI=1S/C12H17BrN2O2/c1-15(2)8-9-4-5-11(17-3)10(6-9)14-12(16)7-13/h4-6H,7-8H2,1-3H3,(H,14,16). The highest BCUT2D eigenvalue weighted by Gasteiger charge is 2.08.